The van der Waals surface area contributed by atoms with Crippen LogP contribution < -0.4 is 5.32 Å². The fourth-order valence-electron chi connectivity index (χ4n) is 1.32. The first-order valence-corrected chi connectivity index (χ1v) is 5.05. The zero-order valence-electron chi connectivity index (χ0n) is 9.01. The Morgan fingerprint density at radius 2 is 1.88 bits per heavy atom. The van der Waals surface area contributed by atoms with Gasteiger partial charge in [-0.1, -0.05) is 18.2 Å². The topological polar surface area (TPSA) is 58.0 Å². The molecule has 0 aliphatic heterocycles. The second kappa shape index (κ2) is 4.61. The van der Waals surface area contributed by atoms with Gasteiger partial charge in [-0.3, -0.25) is 0 Å². The highest BCUT2D eigenvalue weighted by molar-refractivity contribution is 5.35. The highest BCUT2D eigenvalue weighted by atomic mass is 16.3. The number of phenols is 1. The van der Waals surface area contributed by atoms with E-state index in [4.69, 9.17) is 0 Å². The molecular formula is C12H13N3O. The van der Waals surface area contributed by atoms with Crippen molar-refractivity contribution < 1.29 is 5.11 Å². The molecule has 0 atom stereocenters. The van der Waals surface area contributed by atoms with Crippen LogP contribution in [0.2, 0.25) is 0 Å². The Morgan fingerprint density at radius 3 is 2.56 bits per heavy atom. The highest BCUT2D eigenvalue weighted by Gasteiger charge is 2.00. The maximum atomic E-state index is 9.55. The van der Waals surface area contributed by atoms with Crippen molar-refractivity contribution in [1.82, 2.24) is 9.97 Å². The molecule has 0 spiro atoms. The van der Waals surface area contributed by atoms with Crippen LogP contribution in [0.25, 0.3) is 0 Å². The highest BCUT2D eigenvalue weighted by Crippen LogP contribution is 2.16. The van der Waals surface area contributed by atoms with Crippen molar-refractivity contribution >= 4 is 5.95 Å². The van der Waals surface area contributed by atoms with Crippen LogP contribution in [-0.4, -0.2) is 15.1 Å². The smallest absolute Gasteiger partial charge is 0.222 e. The Balaban J connectivity index is 2.02. The lowest BCUT2D eigenvalue weighted by Crippen LogP contribution is -2.03. The van der Waals surface area contributed by atoms with Crippen LogP contribution in [0, 0.1) is 6.92 Å². The van der Waals surface area contributed by atoms with Gasteiger partial charge in [0.1, 0.15) is 5.75 Å². The van der Waals surface area contributed by atoms with E-state index < -0.39 is 0 Å². The minimum atomic E-state index is 0.280. The number of anilines is 1. The summed E-state index contributed by atoms with van der Waals surface area (Å²) in [6.45, 7) is 2.45. The molecule has 0 unspecified atom stereocenters. The van der Waals surface area contributed by atoms with Gasteiger partial charge < -0.3 is 10.4 Å². The van der Waals surface area contributed by atoms with Gasteiger partial charge in [-0.2, -0.15) is 0 Å². The second-order valence-electron chi connectivity index (χ2n) is 3.57. The van der Waals surface area contributed by atoms with E-state index in [-0.39, 0.29) is 5.75 Å². The van der Waals surface area contributed by atoms with Gasteiger partial charge in [-0.15, -0.1) is 0 Å². The van der Waals surface area contributed by atoms with Crippen molar-refractivity contribution in [2.75, 3.05) is 5.32 Å². The predicted octanol–water partition coefficient (Wildman–Crippen LogP) is 2.10. The summed E-state index contributed by atoms with van der Waals surface area (Å²) in [5, 5.41) is 12.6. The van der Waals surface area contributed by atoms with Crippen LogP contribution >= 0.6 is 0 Å². The molecule has 1 heterocycles. The third-order valence-corrected chi connectivity index (χ3v) is 2.21. The molecule has 0 saturated heterocycles. The van der Waals surface area contributed by atoms with E-state index in [0.29, 0.717) is 12.5 Å². The van der Waals surface area contributed by atoms with Crippen LogP contribution in [0.15, 0.2) is 36.7 Å². The molecule has 1 aromatic carbocycles. The molecule has 4 nitrogen and oxygen atoms in total. The van der Waals surface area contributed by atoms with Crippen LogP contribution in [0.5, 0.6) is 5.75 Å². The molecule has 0 amide bonds. The van der Waals surface area contributed by atoms with Crippen LogP contribution in [-0.2, 0) is 6.54 Å². The van der Waals surface area contributed by atoms with Gasteiger partial charge >= 0.3 is 0 Å². The molecular weight excluding hydrogens is 202 g/mol. The first-order chi connectivity index (χ1) is 7.75. The Morgan fingerprint density at radius 1 is 1.19 bits per heavy atom. The summed E-state index contributed by atoms with van der Waals surface area (Å²) in [6, 6.07) is 7.19. The Kier molecular flexibility index (Phi) is 3.00. The van der Waals surface area contributed by atoms with E-state index in [9.17, 15) is 5.11 Å². The minimum absolute atomic E-state index is 0.280. The maximum Gasteiger partial charge on any atom is 0.222 e. The van der Waals surface area contributed by atoms with Crippen LogP contribution in [0.1, 0.15) is 11.1 Å². The number of aromatic hydroxyl groups is 1. The molecule has 0 aliphatic carbocycles. The number of benzene rings is 1. The molecule has 0 fully saturated rings. The number of hydrogen-bond acceptors (Lipinski definition) is 4. The summed E-state index contributed by atoms with van der Waals surface area (Å²) in [7, 11) is 0. The quantitative estimate of drug-likeness (QED) is 0.823. The van der Waals surface area contributed by atoms with Crippen molar-refractivity contribution in [3.05, 3.63) is 47.8 Å². The van der Waals surface area contributed by atoms with Gasteiger partial charge in [-0.05, 0) is 18.6 Å². The maximum absolute atomic E-state index is 9.55. The molecule has 2 aromatic rings. The minimum Gasteiger partial charge on any atom is -0.508 e. The van der Waals surface area contributed by atoms with E-state index in [2.05, 4.69) is 15.3 Å². The summed E-state index contributed by atoms with van der Waals surface area (Å²) in [6.07, 6.45) is 3.50. The Labute approximate surface area is 94.0 Å². The number of aryl methyl sites for hydroxylation is 1. The number of para-hydroxylation sites is 1. The predicted molar refractivity (Wildman–Crippen MR) is 62.2 cm³/mol. The average Bonchev–Trinajstić information content (AvgIpc) is 2.30. The van der Waals surface area contributed by atoms with Crippen molar-refractivity contribution in [1.29, 1.82) is 0 Å². The summed E-state index contributed by atoms with van der Waals surface area (Å²) < 4.78 is 0. The van der Waals surface area contributed by atoms with Crippen molar-refractivity contribution in [2.45, 2.75) is 13.5 Å². The molecule has 1 aromatic heterocycles. The largest absolute Gasteiger partial charge is 0.508 e. The second-order valence-corrected chi connectivity index (χ2v) is 3.57. The SMILES string of the molecule is Cc1cnc(NCc2ccccc2O)nc1. The molecule has 0 aliphatic rings. The lowest BCUT2D eigenvalue weighted by atomic mass is 10.2. The first-order valence-electron chi connectivity index (χ1n) is 5.05. The molecule has 16 heavy (non-hydrogen) atoms. The molecule has 0 saturated carbocycles. The molecule has 2 rings (SSSR count). The molecule has 4 heteroatoms. The zero-order valence-corrected chi connectivity index (χ0v) is 9.01. The number of phenolic OH excluding ortho intramolecular Hbond substituents is 1. The van der Waals surface area contributed by atoms with E-state index >= 15 is 0 Å². The average molecular weight is 215 g/mol. The van der Waals surface area contributed by atoms with Crippen LogP contribution in [0.4, 0.5) is 5.95 Å². The fraction of sp³-hybridized carbons (Fsp3) is 0.167. The number of rotatable bonds is 3. The lowest BCUT2D eigenvalue weighted by molar-refractivity contribution is 0.469. The summed E-state index contributed by atoms with van der Waals surface area (Å²) in [4.78, 5) is 8.24. The lowest BCUT2D eigenvalue weighted by Gasteiger charge is -2.06. The fourth-order valence-corrected chi connectivity index (χ4v) is 1.32. The van der Waals surface area contributed by atoms with E-state index in [0.717, 1.165) is 11.1 Å². The summed E-state index contributed by atoms with van der Waals surface area (Å²) in [5.74, 6) is 0.843. The van der Waals surface area contributed by atoms with Gasteiger partial charge in [0.25, 0.3) is 0 Å². The third-order valence-electron chi connectivity index (χ3n) is 2.21. The molecule has 82 valence electrons. The Hall–Kier alpha value is -2.10. The number of hydrogen-bond donors (Lipinski definition) is 2. The zero-order chi connectivity index (χ0) is 11.4. The van der Waals surface area contributed by atoms with E-state index in [1.165, 1.54) is 0 Å². The van der Waals surface area contributed by atoms with Gasteiger partial charge in [0.2, 0.25) is 5.95 Å². The first kappa shape index (κ1) is 10.4. The summed E-state index contributed by atoms with van der Waals surface area (Å²) >= 11 is 0. The molecule has 0 bridgehead atoms. The van der Waals surface area contributed by atoms with Gasteiger partial charge in [0.05, 0.1) is 0 Å². The Bertz CT molecular complexity index is 468. The normalized spacial score (nSPS) is 10.1. The third kappa shape index (κ3) is 2.48. The summed E-state index contributed by atoms with van der Waals surface area (Å²) in [5.41, 5.74) is 1.85. The van der Waals surface area contributed by atoms with Crippen LogP contribution in [0.3, 0.4) is 0 Å². The number of nitrogens with zero attached hydrogens (tertiary/aromatic N) is 2. The molecule has 0 radical (unpaired) electrons. The van der Waals surface area contributed by atoms with Crippen molar-refractivity contribution in [3.8, 4) is 5.75 Å². The standard InChI is InChI=1S/C12H13N3O/c1-9-6-13-12(14-7-9)15-8-10-4-2-3-5-11(10)16/h2-7,16H,8H2,1H3,(H,13,14,15). The van der Waals surface area contributed by atoms with Gasteiger partial charge in [0, 0.05) is 24.5 Å². The monoisotopic (exact) mass is 215 g/mol. The van der Waals surface area contributed by atoms with Crippen molar-refractivity contribution in [2.24, 2.45) is 0 Å². The molecule has 2 N–H and O–H groups in total. The van der Waals surface area contributed by atoms with Crippen molar-refractivity contribution in [3.63, 3.8) is 0 Å². The van der Waals surface area contributed by atoms with E-state index in [1.807, 2.05) is 19.1 Å². The van der Waals surface area contributed by atoms with Gasteiger partial charge in [-0.25, -0.2) is 9.97 Å². The van der Waals surface area contributed by atoms with Gasteiger partial charge in [0.15, 0.2) is 0 Å². The number of nitrogens with one attached hydrogen (secondary N) is 1. The number of aromatic nitrogens is 2. The van der Waals surface area contributed by atoms with E-state index in [1.54, 1.807) is 24.5 Å².